The third-order valence-corrected chi connectivity index (χ3v) is 5.96. The molecule has 1 aromatic carbocycles. The van der Waals surface area contributed by atoms with Gasteiger partial charge < -0.3 is 0 Å². The van der Waals surface area contributed by atoms with Crippen LogP contribution in [0.3, 0.4) is 0 Å². The molecule has 0 aliphatic heterocycles. The number of nitrogens with one attached hydrogen (secondary N) is 1. The Hall–Kier alpha value is -1.91. The van der Waals surface area contributed by atoms with Gasteiger partial charge in [0, 0.05) is 0 Å². The van der Waals surface area contributed by atoms with Crippen molar-refractivity contribution in [1.82, 2.24) is 20.0 Å². The molecule has 120 valence electrons. The molecule has 0 fully saturated rings. The second-order valence-corrected chi connectivity index (χ2v) is 8.38. The summed E-state index contributed by atoms with van der Waals surface area (Å²) < 4.78 is 3.45. The van der Waals surface area contributed by atoms with Crippen LogP contribution in [0.2, 0.25) is 0 Å². The molecule has 1 atom stereocenters. The summed E-state index contributed by atoms with van der Waals surface area (Å²) in [6, 6.07) is 7.46. The van der Waals surface area contributed by atoms with Crippen molar-refractivity contribution in [3.05, 3.63) is 45.9 Å². The summed E-state index contributed by atoms with van der Waals surface area (Å²) in [5.41, 5.74) is 1.71. The first-order chi connectivity index (χ1) is 11.0. The van der Waals surface area contributed by atoms with Crippen LogP contribution in [0.1, 0.15) is 31.1 Å². The molecule has 2 N–H and O–H groups in total. The zero-order valence-electron chi connectivity index (χ0n) is 13.3. The minimum atomic E-state index is -0.778. The number of nitrogens with zero attached hydrogens (tertiary/aromatic N) is 3. The molecule has 0 spiro atoms. The van der Waals surface area contributed by atoms with Gasteiger partial charge in [0.1, 0.15) is 0 Å². The van der Waals surface area contributed by atoms with Gasteiger partial charge in [-0.1, -0.05) is 0 Å². The Kier molecular flexibility index (Phi) is 4.37. The number of fused-ring (bicyclic) bond motifs is 1. The van der Waals surface area contributed by atoms with E-state index in [2.05, 4.69) is 15.3 Å². The quantitative estimate of drug-likeness (QED) is 0.625. The Morgan fingerprint density at radius 3 is 2.70 bits per heavy atom. The molecule has 0 saturated heterocycles. The number of hydrogen-bond acceptors (Lipinski definition) is 4. The van der Waals surface area contributed by atoms with E-state index < -0.39 is 15.8 Å². The monoisotopic (exact) mass is 374 g/mol. The number of aliphatic hydroxyl groups is 1. The van der Waals surface area contributed by atoms with Gasteiger partial charge in [0.15, 0.2) is 0 Å². The molecular weight excluding hydrogens is 355 g/mol. The van der Waals surface area contributed by atoms with Crippen LogP contribution in [-0.2, 0) is 6.61 Å². The van der Waals surface area contributed by atoms with Crippen LogP contribution in [0.15, 0.2) is 29.1 Å². The van der Waals surface area contributed by atoms with Crippen molar-refractivity contribution in [2.45, 2.75) is 33.4 Å². The summed E-state index contributed by atoms with van der Waals surface area (Å²) in [5.74, 6) is 0. The first-order valence-electron chi connectivity index (χ1n) is 7.45. The van der Waals surface area contributed by atoms with E-state index in [1.54, 1.807) is 16.8 Å². The van der Waals surface area contributed by atoms with E-state index >= 15 is 0 Å². The summed E-state index contributed by atoms with van der Waals surface area (Å²) in [6.07, 6.45) is 0. The third-order valence-electron chi connectivity index (χ3n) is 3.61. The van der Waals surface area contributed by atoms with Crippen molar-refractivity contribution in [2.24, 2.45) is 0 Å². The van der Waals surface area contributed by atoms with Crippen molar-refractivity contribution < 1.29 is 5.11 Å². The van der Waals surface area contributed by atoms with Gasteiger partial charge in [0.05, 0.1) is 0 Å². The Morgan fingerprint density at radius 2 is 2.09 bits per heavy atom. The topological polar surface area (TPSA) is 83.8 Å². The van der Waals surface area contributed by atoms with Crippen LogP contribution in [0.25, 0.3) is 10.8 Å². The minimum absolute atomic E-state index is 0.00399. The summed E-state index contributed by atoms with van der Waals surface area (Å²) in [5, 5.41) is 22.7. The van der Waals surface area contributed by atoms with Crippen molar-refractivity contribution in [2.75, 3.05) is 0 Å². The summed E-state index contributed by atoms with van der Waals surface area (Å²) in [7, 11) is 0. The first-order valence-corrected chi connectivity index (χ1v) is 9.54. The van der Waals surface area contributed by atoms with Crippen molar-refractivity contribution in [3.63, 3.8) is 0 Å². The number of H-pyrrole nitrogens is 1. The first kappa shape index (κ1) is 16.0. The number of rotatable bonds is 4. The molecule has 0 aliphatic carbocycles. The normalized spacial score (nSPS) is 12.0. The maximum atomic E-state index is 12.6. The zero-order valence-corrected chi connectivity index (χ0v) is 15.4. The molecule has 0 bridgehead atoms. The van der Waals surface area contributed by atoms with Crippen LogP contribution in [0.5, 0.6) is 0 Å². The molecule has 3 aromatic rings. The fourth-order valence-corrected chi connectivity index (χ4v) is 4.84. The number of benzene rings is 1. The SMILES string of the molecule is Cc1cc([AsH]c2nn(C(C)C)c(=O)c3ccc(CO)cc23)n[nH]1. The molecule has 3 rings (SSSR count). The third kappa shape index (κ3) is 3.09. The second-order valence-electron chi connectivity index (χ2n) is 5.79. The Labute approximate surface area is 140 Å². The van der Waals surface area contributed by atoms with Crippen LogP contribution in [0.4, 0.5) is 0 Å². The summed E-state index contributed by atoms with van der Waals surface area (Å²) in [6.45, 7) is 5.81. The second kappa shape index (κ2) is 6.30. The number of aryl methyl sites for hydroxylation is 1. The van der Waals surface area contributed by atoms with Crippen LogP contribution < -0.4 is 14.5 Å². The number of aliphatic hydroxyl groups excluding tert-OH is 1. The zero-order chi connectivity index (χ0) is 16.6. The van der Waals surface area contributed by atoms with E-state index in [-0.39, 0.29) is 18.2 Å². The molecule has 0 amide bonds. The molecule has 0 aliphatic rings. The molecule has 23 heavy (non-hydrogen) atoms. The number of hydrogen-bond donors (Lipinski definition) is 2. The number of aromatic amines is 1. The average Bonchev–Trinajstić information content (AvgIpc) is 2.94. The average molecular weight is 374 g/mol. The van der Waals surface area contributed by atoms with E-state index in [1.165, 1.54) is 0 Å². The van der Waals surface area contributed by atoms with Gasteiger partial charge in [-0.2, -0.15) is 0 Å². The van der Waals surface area contributed by atoms with Gasteiger partial charge in [-0.3, -0.25) is 0 Å². The van der Waals surface area contributed by atoms with Crippen molar-refractivity contribution in [1.29, 1.82) is 0 Å². The van der Waals surface area contributed by atoms with Crippen molar-refractivity contribution in [3.8, 4) is 0 Å². The molecule has 0 saturated carbocycles. The summed E-state index contributed by atoms with van der Waals surface area (Å²) in [4.78, 5) is 12.6. The predicted octanol–water partition coefficient (Wildman–Crippen LogP) is -0.111. The van der Waals surface area contributed by atoms with Gasteiger partial charge in [0.2, 0.25) is 0 Å². The van der Waals surface area contributed by atoms with E-state index in [9.17, 15) is 9.90 Å². The van der Waals surface area contributed by atoms with E-state index in [4.69, 9.17) is 0 Å². The Morgan fingerprint density at radius 1 is 1.30 bits per heavy atom. The predicted molar refractivity (Wildman–Crippen MR) is 92.1 cm³/mol. The fraction of sp³-hybridized carbons (Fsp3) is 0.312. The molecule has 1 unspecified atom stereocenters. The molecule has 7 heteroatoms. The molecule has 2 aromatic heterocycles. The van der Waals surface area contributed by atoms with E-state index in [1.807, 2.05) is 32.9 Å². The van der Waals surface area contributed by atoms with Gasteiger partial charge in [0.25, 0.3) is 0 Å². The molecule has 6 nitrogen and oxygen atoms in total. The summed E-state index contributed by atoms with van der Waals surface area (Å²) >= 11 is -0.778. The fourth-order valence-electron chi connectivity index (χ4n) is 2.45. The Balaban J connectivity index is 2.24. The van der Waals surface area contributed by atoms with Crippen molar-refractivity contribution >= 4 is 35.5 Å². The van der Waals surface area contributed by atoms with E-state index in [0.29, 0.717) is 5.39 Å². The molecule has 2 heterocycles. The van der Waals surface area contributed by atoms with Crippen LogP contribution in [-0.4, -0.2) is 40.8 Å². The maximum absolute atomic E-state index is 12.6. The Bertz CT molecular complexity index is 914. The van der Waals surface area contributed by atoms with E-state index in [0.717, 1.165) is 25.6 Å². The van der Waals surface area contributed by atoms with Crippen LogP contribution in [0, 0.1) is 6.92 Å². The van der Waals surface area contributed by atoms with Gasteiger partial charge >= 0.3 is 140 Å². The molecule has 0 radical (unpaired) electrons. The standard InChI is InChI=1S/C16H19AsN4O2/c1-9(2)21-16(23)12-5-4-11(8-22)7-13(12)15(20-21)17-14-6-10(3)18-19-14/h4-7,9,17,22H,8H2,1-3H3,(H,18,19). The van der Waals surface area contributed by atoms with Gasteiger partial charge in [-0.15, -0.1) is 0 Å². The van der Waals surface area contributed by atoms with Crippen LogP contribution >= 0.6 is 0 Å². The van der Waals surface area contributed by atoms with Gasteiger partial charge in [-0.25, -0.2) is 0 Å². The molecular formula is C16H19AsN4O2. The van der Waals surface area contributed by atoms with Gasteiger partial charge in [-0.05, 0) is 0 Å². The number of aromatic nitrogens is 4.